The maximum absolute atomic E-state index is 12.7. The van der Waals surface area contributed by atoms with E-state index in [4.69, 9.17) is 9.47 Å². The maximum atomic E-state index is 12.7. The van der Waals surface area contributed by atoms with Crippen LogP contribution in [0.4, 0.5) is 5.69 Å². The molecule has 2 amide bonds. The maximum Gasteiger partial charge on any atom is 0.269 e. The van der Waals surface area contributed by atoms with Crippen LogP contribution in [0, 0.1) is 13.8 Å². The van der Waals surface area contributed by atoms with Crippen molar-refractivity contribution >= 4 is 27.5 Å². The van der Waals surface area contributed by atoms with E-state index >= 15 is 0 Å². The molecule has 0 saturated carbocycles. The molecule has 34 heavy (non-hydrogen) atoms. The van der Waals surface area contributed by atoms with Crippen LogP contribution in [0.25, 0.3) is 0 Å². The Balaban J connectivity index is 1.65. The molecular formula is C24H25N3O6S. The first kappa shape index (κ1) is 24.6. The van der Waals surface area contributed by atoms with Gasteiger partial charge in [-0.2, -0.15) is 0 Å². The molecule has 0 spiro atoms. The van der Waals surface area contributed by atoms with E-state index in [1.54, 1.807) is 18.2 Å². The first-order valence-electron chi connectivity index (χ1n) is 10.2. The van der Waals surface area contributed by atoms with Crippen molar-refractivity contribution < 1.29 is 27.5 Å². The Kier molecular flexibility index (Phi) is 7.42. The Bertz CT molecular complexity index is 1300. The fourth-order valence-corrected chi connectivity index (χ4v) is 4.05. The van der Waals surface area contributed by atoms with Crippen molar-refractivity contribution in [3.05, 3.63) is 82.9 Å². The normalized spacial score (nSPS) is 10.8. The molecule has 0 heterocycles. The van der Waals surface area contributed by atoms with Crippen LogP contribution in [-0.2, 0) is 10.0 Å². The molecule has 10 heteroatoms. The molecule has 3 N–H and O–H groups in total. The van der Waals surface area contributed by atoms with Gasteiger partial charge in [-0.25, -0.2) is 8.42 Å². The number of methoxy groups -OCH3 is 2. The van der Waals surface area contributed by atoms with E-state index < -0.39 is 21.8 Å². The molecule has 0 unspecified atom stereocenters. The van der Waals surface area contributed by atoms with Crippen molar-refractivity contribution in [1.29, 1.82) is 0 Å². The van der Waals surface area contributed by atoms with E-state index in [2.05, 4.69) is 15.6 Å². The highest BCUT2D eigenvalue weighted by Gasteiger charge is 2.16. The zero-order valence-corrected chi connectivity index (χ0v) is 19.9. The topological polar surface area (TPSA) is 123 Å². The van der Waals surface area contributed by atoms with E-state index in [-0.39, 0.29) is 16.0 Å². The first-order valence-corrected chi connectivity index (χ1v) is 11.6. The Labute approximate surface area is 198 Å². The molecule has 0 aliphatic heterocycles. The predicted octanol–water partition coefficient (Wildman–Crippen LogP) is 3.20. The van der Waals surface area contributed by atoms with Gasteiger partial charge in [0, 0.05) is 22.9 Å². The van der Waals surface area contributed by atoms with Gasteiger partial charge in [-0.15, -0.1) is 0 Å². The second-order valence-corrected chi connectivity index (χ2v) is 9.12. The van der Waals surface area contributed by atoms with Crippen molar-refractivity contribution in [2.45, 2.75) is 18.7 Å². The number of hydrazine groups is 1. The average Bonchev–Trinajstić information content (AvgIpc) is 2.84. The van der Waals surface area contributed by atoms with Gasteiger partial charge in [-0.05, 0) is 73.5 Å². The van der Waals surface area contributed by atoms with Crippen LogP contribution in [-0.4, -0.2) is 34.5 Å². The van der Waals surface area contributed by atoms with E-state index in [0.717, 1.165) is 11.1 Å². The number of nitrogens with one attached hydrogen (secondary N) is 3. The second-order valence-electron chi connectivity index (χ2n) is 7.44. The van der Waals surface area contributed by atoms with Gasteiger partial charge < -0.3 is 9.47 Å². The average molecular weight is 484 g/mol. The van der Waals surface area contributed by atoms with Gasteiger partial charge in [0.05, 0.1) is 19.1 Å². The minimum Gasteiger partial charge on any atom is -0.497 e. The van der Waals surface area contributed by atoms with Gasteiger partial charge in [0.15, 0.2) is 0 Å². The standard InChI is InChI=1S/C24H25N3O6S/c1-15-5-8-19(11-16(15)2)27-34(30,31)22-9-6-17(7-10-22)23(28)25-26-24(29)18-12-20(32-3)14-21(13-18)33-4/h5-14,27H,1-4H3,(H,25,28)(H,26,29). The Morgan fingerprint density at radius 3 is 1.79 bits per heavy atom. The highest BCUT2D eigenvalue weighted by Crippen LogP contribution is 2.22. The third-order valence-corrected chi connectivity index (χ3v) is 6.49. The van der Waals surface area contributed by atoms with E-state index in [1.807, 2.05) is 19.9 Å². The summed E-state index contributed by atoms with van der Waals surface area (Å²) in [7, 11) is -0.920. The first-order chi connectivity index (χ1) is 16.1. The summed E-state index contributed by atoms with van der Waals surface area (Å²) < 4.78 is 38.1. The lowest BCUT2D eigenvalue weighted by molar-refractivity contribution is 0.0846. The highest BCUT2D eigenvalue weighted by atomic mass is 32.2. The fourth-order valence-electron chi connectivity index (χ4n) is 3.00. The van der Waals surface area contributed by atoms with E-state index in [0.29, 0.717) is 17.2 Å². The van der Waals surface area contributed by atoms with Crippen LogP contribution in [0.15, 0.2) is 65.6 Å². The monoisotopic (exact) mass is 483 g/mol. The van der Waals surface area contributed by atoms with Crippen LogP contribution in [0.3, 0.4) is 0 Å². The van der Waals surface area contributed by atoms with Crippen LogP contribution in [0.5, 0.6) is 11.5 Å². The number of carbonyl (C=O) groups excluding carboxylic acids is 2. The molecule has 0 aliphatic carbocycles. The van der Waals surface area contributed by atoms with Gasteiger partial charge in [-0.1, -0.05) is 6.07 Å². The number of amides is 2. The number of ether oxygens (including phenoxy) is 2. The molecule has 9 nitrogen and oxygen atoms in total. The minimum atomic E-state index is -3.84. The molecule has 0 radical (unpaired) electrons. The Hall–Kier alpha value is -4.05. The van der Waals surface area contributed by atoms with Crippen molar-refractivity contribution in [1.82, 2.24) is 10.9 Å². The van der Waals surface area contributed by atoms with Crippen molar-refractivity contribution in [2.24, 2.45) is 0 Å². The summed E-state index contributed by atoms with van der Waals surface area (Å²) in [6.07, 6.45) is 0. The van der Waals surface area contributed by atoms with Crippen molar-refractivity contribution in [2.75, 3.05) is 18.9 Å². The van der Waals surface area contributed by atoms with Crippen molar-refractivity contribution in [3.63, 3.8) is 0 Å². The van der Waals surface area contributed by atoms with Gasteiger partial charge >= 0.3 is 0 Å². The fraction of sp³-hybridized carbons (Fsp3) is 0.167. The van der Waals surface area contributed by atoms with Gasteiger partial charge in [0.25, 0.3) is 21.8 Å². The van der Waals surface area contributed by atoms with E-state index in [9.17, 15) is 18.0 Å². The summed E-state index contributed by atoms with van der Waals surface area (Å²) in [4.78, 5) is 24.8. The number of rotatable bonds is 7. The van der Waals surface area contributed by atoms with Crippen molar-refractivity contribution in [3.8, 4) is 11.5 Å². The molecule has 3 rings (SSSR count). The molecular weight excluding hydrogens is 458 g/mol. The van der Waals surface area contributed by atoms with Crippen LogP contribution in [0.2, 0.25) is 0 Å². The Morgan fingerprint density at radius 2 is 1.26 bits per heavy atom. The lowest BCUT2D eigenvalue weighted by atomic mass is 10.1. The number of sulfonamides is 1. The van der Waals surface area contributed by atoms with Gasteiger partial charge in [0.2, 0.25) is 0 Å². The number of carbonyl (C=O) groups is 2. The largest absolute Gasteiger partial charge is 0.497 e. The molecule has 0 bridgehead atoms. The molecule has 0 saturated heterocycles. The number of hydrogen-bond acceptors (Lipinski definition) is 6. The molecule has 0 aromatic heterocycles. The summed E-state index contributed by atoms with van der Waals surface area (Å²) >= 11 is 0. The number of aryl methyl sites for hydroxylation is 2. The lowest BCUT2D eigenvalue weighted by Gasteiger charge is -2.11. The molecule has 0 fully saturated rings. The second kappa shape index (κ2) is 10.3. The summed E-state index contributed by atoms with van der Waals surface area (Å²) in [5.41, 5.74) is 7.44. The number of hydrogen-bond donors (Lipinski definition) is 3. The highest BCUT2D eigenvalue weighted by molar-refractivity contribution is 7.92. The quantitative estimate of drug-likeness (QED) is 0.444. The van der Waals surface area contributed by atoms with Crippen LogP contribution < -0.4 is 25.0 Å². The summed E-state index contributed by atoms with van der Waals surface area (Å²) in [6.45, 7) is 3.83. The van der Waals surface area contributed by atoms with E-state index in [1.165, 1.54) is 50.6 Å². The number of benzene rings is 3. The minimum absolute atomic E-state index is 0.00482. The summed E-state index contributed by atoms with van der Waals surface area (Å²) in [5.74, 6) is -0.360. The summed E-state index contributed by atoms with van der Waals surface area (Å²) in [6, 6.07) is 15.2. The number of anilines is 1. The summed E-state index contributed by atoms with van der Waals surface area (Å²) in [5, 5.41) is 0. The molecule has 3 aromatic rings. The van der Waals surface area contributed by atoms with Crippen LogP contribution in [0.1, 0.15) is 31.8 Å². The van der Waals surface area contributed by atoms with Gasteiger partial charge in [0.1, 0.15) is 11.5 Å². The smallest absolute Gasteiger partial charge is 0.269 e. The zero-order valence-electron chi connectivity index (χ0n) is 19.1. The predicted molar refractivity (Wildman–Crippen MR) is 128 cm³/mol. The van der Waals surface area contributed by atoms with Crippen LogP contribution >= 0.6 is 0 Å². The molecule has 0 aliphatic rings. The third-order valence-electron chi connectivity index (χ3n) is 5.09. The lowest BCUT2D eigenvalue weighted by Crippen LogP contribution is -2.41. The molecule has 0 atom stereocenters. The molecule has 3 aromatic carbocycles. The third kappa shape index (κ3) is 5.84. The Morgan fingerprint density at radius 1 is 0.706 bits per heavy atom. The SMILES string of the molecule is COc1cc(OC)cc(C(=O)NNC(=O)c2ccc(S(=O)(=O)Nc3ccc(C)c(C)c3)cc2)c1. The van der Waals surface area contributed by atoms with Gasteiger partial charge in [-0.3, -0.25) is 25.2 Å². The zero-order chi connectivity index (χ0) is 24.9. The molecule has 178 valence electrons.